The summed E-state index contributed by atoms with van der Waals surface area (Å²) in [6.45, 7) is 0.677. The highest BCUT2D eigenvalue weighted by atomic mass is 16.6. The van der Waals surface area contributed by atoms with Crippen LogP contribution in [0.5, 0.6) is 0 Å². The Labute approximate surface area is 38.2 Å². The molecule has 0 saturated heterocycles. The molecule has 0 aliphatic carbocycles. The van der Waals surface area contributed by atoms with Gasteiger partial charge in [0, 0.05) is 6.54 Å². The van der Waals surface area contributed by atoms with E-state index in [9.17, 15) is 0 Å². The first kappa shape index (κ1) is 2.64. The Morgan fingerprint density at radius 2 is 3.00 bits per heavy atom. The third-order valence-electron chi connectivity index (χ3n) is 0.619. The van der Waals surface area contributed by atoms with Crippen LogP contribution in [-0.4, -0.2) is 6.54 Å². The Morgan fingerprint density at radius 1 is 2.00 bits per heavy atom. The van der Waals surface area contributed by atoms with Crippen molar-refractivity contribution in [1.82, 2.24) is 5.47 Å². The average molecular weight is 86.1 g/mol. The van der Waals surface area contributed by atoms with Gasteiger partial charge in [0.1, 0.15) is 6.26 Å². The van der Waals surface area contributed by atoms with E-state index in [1.807, 2.05) is 6.08 Å². The number of rotatable bonds is 0. The van der Waals surface area contributed by atoms with E-state index in [4.69, 9.17) is 1.41 Å². The van der Waals surface area contributed by atoms with E-state index in [0.717, 1.165) is 11.9 Å². The molecule has 1 aliphatic rings. The topological polar surface area (TPSA) is 21.3 Å². The summed E-state index contributed by atoms with van der Waals surface area (Å²) in [7, 11) is 0. The van der Waals surface area contributed by atoms with Gasteiger partial charge in [-0.1, -0.05) is 0 Å². The smallest absolute Gasteiger partial charge is 0.168 e. The maximum Gasteiger partial charge on any atom is 0.168 e. The zero-order valence-electron chi connectivity index (χ0n) is 4.42. The van der Waals surface area contributed by atoms with Crippen LogP contribution in [-0.2, 0) is 4.84 Å². The van der Waals surface area contributed by atoms with Gasteiger partial charge in [0.2, 0.25) is 0 Å². The molecular weight excluding hydrogens is 78.0 g/mol. The molecule has 1 heterocycles. The zero-order valence-corrected chi connectivity index (χ0v) is 3.42. The third kappa shape index (κ3) is 0.723. The molecule has 0 radical (unpaired) electrons. The summed E-state index contributed by atoms with van der Waals surface area (Å²) < 4.78 is 6.83. The quantitative estimate of drug-likeness (QED) is 0.461. The molecule has 0 saturated carbocycles. The second kappa shape index (κ2) is 1.82. The van der Waals surface area contributed by atoms with E-state index in [2.05, 4.69) is 4.84 Å². The molecule has 0 amide bonds. The van der Waals surface area contributed by atoms with Crippen molar-refractivity contribution in [2.24, 2.45) is 0 Å². The van der Waals surface area contributed by atoms with E-state index in [1.54, 1.807) is 0 Å². The molecule has 0 spiro atoms. The van der Waals surface area contributed by atoms with E-state index >= 15 is 0 Å². The predicted molar refractivity (Wildman–Crippen MR) is 22.8 cm³/mol. The van der Waals surface area contributed by atoms with Crippen molar-refractivity contribution < 1.29 is 6.25 Å². The summed E-state index contributed by atoms with van der Waals surface area (Å²) in [5.41, 5.74) is 1.06. The minimum atomic E-state index is 0.677. The van der Waals surface area contributed by atoms with Gasteiger partial charge in [0.15, 0.2) is 1.41 Å². The highest BCUT2D eigenvalue weighted by Crippen LogP contribution is 1.85. The first-order chi connectivity index (χ1) is 3.39. The summed E-state index contributed by atoms with van der Waals surface area (Å²) in [5.74, 6) is 0. The first-order valence-corrected chi connectivity index (χ1v) is 1.98. The minimum Gasteiger partial charge on any atom is -0.417 e. The first-order valence-electron chi connectivity index (χ1n) is 2.42. The number of hydrogen-bond acceptors (Lipinski definition) is 2. The molecule has 34 valence electrons. The highest BCUT2D eigenvalue weighted by Gasteiger charge is 1.84. The fourth-order valence-corrected chi connectivity index (χ4v) is 0.334. The van der Waals surface area contributed by atoms with Gasteiger partial charge in [-0.15, -0.1) is 0 Å². The molecule has 0 bridgehead atoms. The lowest BCUT2D eigenvalue weighted by molar-refractivity contribution is 0.125. The molecule has 0 unspecified atom stereocenters. The van der Waals surface area contributed by atoms with Crippen molar-refractivity contribution in [2.75, 3.05) is 6.54 Å². The summed E-state index contributed by atoms with van der Waals surface area (Å²) in [6, 6.07) is 0. The van der Waals surface area contributed by atoms with E-state index in [0.29, 0.717) is 6.54 Å². The van der Waals surface area contributed by atoms with Gasteiger partial charge in [0.05, 0.1) is 0 Å². The Balaban J connectivity index is 2.32. The number of hydroxylamine groups is 1. The minimum absolute atomic E-state index is 0.677. The maximum atomic E-state index is 6.83. The van der Waals surface area contributed by atoms with Crippen LogP contribution in [0, 0.1) is 0 Å². The molecule has 0 atom stereocenters. The van der Waals surface area contributed by atoms with Crippen LogP contribution in [0.1, 0.15) is 6.42 Å². The van der Waals surface area contributed by atoms with Crippen LogP contribution < -0.4 is 5.47 Å². The highest BCUT2D eigenvalue weighted by molar-refractivity contribution is 4.75. The van der Waals surface area contributed by atoms with Crippen molar-refractivity contribution >= 4 is 0 Å². The molecule has 1 N–H and O–H groups in total. The second-order valence-electron chi connectivity index (χ2n) is 1.12. The third-order valence-corrected chi connectivity index (χ3v) is 0.619. The van der Waals surface area contributed by atoms with Gasteiger partial charge in [-0.05, 0) is 12.5 Å². The summed E-state index contributed by atoms with van der Waals surface area (Å²) >= 11 is 0. The van der Waals surface area contributed by atoms with E-state index < -0.39 is 0 Å². The molecule has 0 aromatic rings. The van der Waals surface area contributed by atoms with Gasteiger partial charge in [-0.3, -0.25) is 0 Å². The van der Waals surface area contributed by atoms with E-state index in [-0.39, 0.29) is 0 Å². The number of hydrogen-bond donors (Lipinski definition) is 1. The fraction of sp³-hybridized carbons (Fsp3) is 0.500. The van der Waals surface area contributed by atoms with Crippen LogP contribution in [0.15, 0.2) is 12.3 Å². The Morgan fingerprint density at radius 3 is 3.33 bits per heavy atom. The van der Waals surface area contributed by atoms with Gasteiger partial charge in [0.25, 0.3) is 0 Å². The Kier molecular flexibility index (Phi) is 0.801. The van der Waals surface area contributed by atoms with Crippen LogP contribution in [0.2, 0.25) is 1.41 Å². The van der Waals surface area contributed by atoms with Crippen molar-refractivity contribution in [1.29, 1.82) is 0 Å². The molecule has 0 aromatic carbocycles. The lowest BCUT2D eigenvalue weighted by Gasteiger charge is -2.03. The van der Waals surface area contributed by atoms with Crippen LogP contribution in [0.25, 0.3) is 0 Å². The molecule has 6 heavy (non-hydrogen) atoms. The fourth-order valence-electron chi connectivity index (χ4n) is 0.334. The summed E-state index contributed by atoms with van der Waals surface area (Å²) in [4.78, 5) is 4.60. The van der Waals surface area contributed by atoms with Gasteiger partial charge < -0.3 is 4.84 Å². The SMILES string of the molecule is [2H]N1CCC=CO1. The van der Waals surface area contributed by atoms with Gasteiger partial charge in [-0.2, -0.15) is 5.47 Å². The van der Waals surface area contributed by atoms with Crippen molar-refractivity contribution in [2.45, 2.75) is 6.42 Å². The lowest BCUT2D eigenvalue weighted by atomic mass is 10.4. The van der Waals surface area contributed by atoms with Crippen LogP contribution >= 0.6 is 0 Å². The summed E-state index contributed by atoms with van der Waals surface area (Å²) in [6.07, 6.45) is 4.34. The maximum absolute atomic E-state index is 6.83. The average Bonchev–Trinajstić information content (AvgIpc) is 1.69. The molecule has 2 heteroatoms. The zero-order chi connectivity index (χ0) is 5.11. The summed E-state index contributed by atoms with van der Waals surface area (Å²) in [5, 5.41) is 0. The molecule has 2 nitrogen and oxygen atoms in total. The monoisotopic (exact) mass is 86.1 g/mol. The second-order valence-corrected chi connectivity index (χ2v) is 1.12. The van der Waals surface area contributed by atoms with Crippen LogP contribution in [0.4, 0.5) is 0 Å². The predicted octanol–water partition coefficient (Wildman–Crippen LogP) is 0.425. The molecule has 1 rings (SSSR count). The Bertz CT molecular complexity index is 83.8. The molecule has 1 aliphatic heterocycles. The van der Waals surface area contributed by atoms with Gasteiger partial charge in [-0.25, -0.2) is 0 Å². The Hall–Kier alpha value is -0.500. The largest absolute Gasteiger partial charge is 0.417 e. The van der Waals surface area contributed by atoms with E-state index in [1.165, 1.54) is 6.26 Å². The van der Waals surface area contributed by atoms with Crippen molar-refractivity contribution in [3.8, 4) is 0 Å². The van der Waals surface area contributed by atoms with Gasteiger partial charge >= 0.3 is 0 Å². The standard InChI is InChI=1S/C4H7NO/c1-2-4-6-5-3-1/h2,4-5H,1,3H2/i/hD. The molecule has 0 fully saturated rings. The normalized spacial score (nSPS) is 25.7. The van der Waals surface area contributed by atoms with Crippen LogP contribution in [0.3, 0.4) is 0 Å². The number of nitrogens with one attached hydrogen (secondary N) is 1. The van der Waals surface area contributed by atoms with Crippen molar-refractivity contribution in [3.63, 3.8) is 0 Å². The van der Waals surface area contributed by atoms with Crippen molar-refractivity contribution in [3.05, 3.63) is 12.3 Å². The molecule has 0 aromatic heterocycles. The molecular formula is C4H7NO. The lowest BCUT2D eigenvalue weighted by Crippen LogP contribution is -2.14.